The Kier molecular flexibility index (Phi) is 3.62. The molecule has 0 aromatic carbocycles. The van der Waals surface area contributed by atoms with E-state index in [-0.39, 0.29) is 22.4 Å². The largest absolute Gasteiger partial charge is 0.294 e. The first kappa shape index (κ1) is 12.6. The number of hydrogen-bond acceptors (Lipinski definition) is 3. The zero-order valence-corrected chi connectivity index (χ0v) is 10.2. The molecule has 4 heteroatoms. The fourth-order valence-electron chi connectivity index (χ4n) is 1.68. The lowest BCUT2D eigenvalue weighted by molar-refractivity contribution is -0.386. The maximum Gasteiger partial charge on any atom is 0.294 e. The van der Waals surface area contributed by atoms with E-state index in [9.17, 15) is 10.1 Å². The summed E-state index contributed by atoms with van der Waals surface area (Å²) in [5.41, 5.74) is 1.99. The summed E-state index contributed by atoms with van der Waals surface area (Å²) in [5.74, 6) is 0.126. The van der Waals surface area contributed by atoms with E-state index < -0.39 is 0 Å². The molecule has 0 saturated carbocycles. The van der Waals surface area contributed by atoms with Crippen molar-refractivity contribution >= 4 is 5.69 Å². The molecule has 0 amide bonds. The summed E-state index contributed by atoms with van der Waals surface area (Å²) >= 11 is 0. The molecule has 0 saturated heterocycles. The molecule has 0 aliphatic carbocycles. The number of aromatic nitrogens is 1. The van der Waals surface area contributed by atoms with Crippen molar-refractivity contribution in [3.63, 3.8) is 0 Å². The molecular weight excluding hydrogens is 204 g/mol. The van der Waals surface area contributed by atoms with Gasteiger partial charge in [-0.15, -0.1) is 0 Å². The van der Waals surface area contributed by atoms with E-state index in [1.54, 1.807) is 6.07 Å². The van der Waals surface area contributed by atoms with Gasteiger partial charge in [0.05, 0.1) is 4.92 Å². The third-order valence-electron chi connectivity index (χ3n) is 2.45. The van der Waals surface area contributed by atoms with Gasteiger partial charge in [-0.2, -0.15) is 0 Å². The van der Waals surface area contributed by atoms with Crippen LogP contribution in [0, 0.1) is 17.0 Å². The number of nitrogens with zero attached hydrogens (tertiary/aromatic N) is 2. The topological polar surface area (TPSA) is 56.0 Å². The second kappa shape index (κ2) is 4.60. The fraction of sp³-hybridized carbons (Fsp3) is 0.500. The lowest BCUT2D eigenvalue weighted by Crippen LogP contribution is -2.07. The van der Waals surface area contributed by atoms with Crippen molar-refractivity contribution in [3.05, 3.63) is 40.1 Å². The van der Waals surface area contributed by atoms with Crippen LogP contribution < -0.4 is 0 Å². The van der Waals surface area contributed by atoms with E-state index in [0.717, 1.165) is 0 Å². The van der Waals surface area contributed by atoms with Gasteiger partial charge < -0.3 is 0 Å². The first-order chi connectivity index (χ1) is 7.34. The lowest BCUT2D eigenvalue weighted by atomic mass is 9.96. The van der Waals surface area contributed by atoms with Crippen molar-refractivity contribution in [3.8, 4) is 0 Å². The zero-order chi connectivity index (χ0) is 12.5. The molecule has 0 atom stereocenters. The van der Waals surface area contributed by atoms with Gasteiger partial charge in [0.25, 0.3) is 5.69 Å². The third-order valence-corrected chi connectivity index (χ3v) is 2.45. The highest BCUT2D eigenvalue weighted by molar-refractivity contribution is 5.48. The predicted octanol–water partition coefficient (Wildman–Crippen LogP) is 3.42. The summed E-state index contributed by atoms with van der Waals surface area (Å²) < 4.78 is 0. The van der Waals surface area contributed by atoms with E-state index >= 15 is 0 Å². The average molecular weight is 221 g/mol. The summed E-state index contributed by atoms with van der Waals surface area (Å²) in [6, 6.07) is 1.70. The van der Waals surface area contributed by atoms with Gasteiger partial charge in [-0.05, 0) is 18.9 Å². The monoisotopic (exact) mass is 221 g/mol. The van der Waals surface area contributed by atoms with E-state index in [0.29, 0.717) is 17.0 Å². The van der Waals surface area contributed by atoms with Gasteiger partial charge in [0, 0.05) is 17.2 Å². The first-order valence-corrected chi connectivity index (χ1v) is 5.35. The van der Waals surface area contributed by atoms with Crippen LogP contribution in [0.25, 0.3) is 0 Å². The summed E-state index contributed by atoms with van der Waals surface area (Å²) in [7, 11) is 0. The van der Waals surface area contributed by atoms with Crippen molar-refractivity contribution in [2.45, 2.75) is 39.5 Å². The van der Waals surface area contributed by atoms with Gasteiger partial charge in [0.15, 0.2) is 0 Å². The molecule has 1 aromatic rings. The highest BCUT2D eigenvalue weighted by Gasteiger charge is 2.25. The second-order valence-electron chi connectivity index (χ2n) is 4.50. The summed E-state index contributed by atoms with van der Waals surface area (Å²) in [4.78, 5) is 15.0. The number of rotatable bonds is 3. The summed E-state index contributed by atoms with van der Waals surface area (Å²) in [5, 5.41) is 11.1. The first-order valence-electron chi connectivity index (χ1n) is 5.35. The van der Waals surface area contributed by atoms with Crippen LogP contribution >= 0.6 is 0 Å². The Morgan fingerprint density at radius 3 is 2.25 bits per heavy atom. The van der Waals surface area contributed by atoms with E-state index in [1.165, 1.54) is 0 Å². The smallest absolute Gasteiger partial charge is 0.258 e. The van der Waals surface area contributed by atoms with Gasteiger partial charge in [-0.25, -0.2) is 0 Å². The van der Waals surface area contributed by atoms with Crippen molar-refractivity contribution in [2.75, 3.05) is 0 Å². The Balaban J connectivity index is 3.54. The maximum absolute atomic E-state index is 11.1. The Hall–Kier alpha value is -1.45. The highest BCUT2D eigenvalue weighted by Crippen LogP contribution is 2.33. The van der Waals surface area contributed by atoms with Crippen LogP contribution in [0.1, 0.15) is 56.5 Å². The van der Waals surface area contributed by atoms with Crippen LogP contribution in [0.3, 0.4) is 0 Å². The standard InChI is InChI=1S/C12H17N2O2/c1-7(2)10-6-9(5)13-11(8(3)4)12(10)14(15)16/h6-8H,5H2,1-4H3. The van der Waals surface area contributed by atoms with Crippen molar-refractivity contribution in [1.29, 1.82) is 0 Å². The van der Waals surface area contributed by atoms with E-state index in [2.05, 4.69) is 11.9 Å². The fourth-order valence-corrected chi connectivity index (χ4v) is 1.68. The van der Waals surface area contributed by atoms with Gasteiger partial charge in [-0.1, -0.05) is 27.7 Å². The molecule has 0 spiro atoms. The maximum atomic E-state index is 11.1. The van der Waals surface area contributed by atoms with Crippen LogP contribution in [0.2, 0.25) is 0 Å². The molecule has 87 valence electrons. The lowest BCUT2D eigenvalue weighted by Gasteiger charge is -2.13. The van der Waals surface area contributed by atoms with Crippen LogP contribution in [0.15, 0.2) is 6.07 Å². The Labute approximate surface area is 95.9 Å². The minimum absolute atomic E-state index is 0.0274. The molecule has 1 rings (SSSR count). The number of nitro groups is 1. The SMILES string of the molecule is [CH2]c1cc(C(C)C)c([N+](=O)[O-])c(C(C)C)n1. The predicted molar refractivity (Wildman–Crippen MR) is 63.5 cm³/mol. The van der Waals surface area contributed by atoms with Crippen LogP contribution in [0.5, 0.6) is 0 Å². The number of hydrogen-bond donors (Lipinski definition) is 0. The molecule has 1 radical (unpaired) electrons. The molecule has 4 nitrogen and oxygen atoms in total. The van der Waals surface area contributed by atoms with Gasteiger partial charge in [0.1, 0.15) is 5.69 Å². The minimum atomic E-state index is -0.336. The van der Waals surface area contributed by atoms with Crippen LogP contribution in [0.4, 0.5) is 5.69 Å². The quantitative estimate of drug-likeness (QED) is 0.580. The summed E-state index contributed by atoms with van der Waals surface area (Å²) in [6.07, 6.45) is 0. The van der Waals surface area contributed by atoms with Crippen LogP contribution in [-0.4, -0.2) is 9.91 Å². The van der Waals surface area contributed by atoms with Crippen molar-refractivity contribution < 1.29 is 4.92 Å². The molecule has 0 unspecified atom stereocenters. The van der Waals surface area contributed by atoms with E-state index in [1.807, 2.05) is 27.7 Å². The molecule has 0 N–H and O–H groups in total. The molecule has 0 fully saturated rings. The van der Waals surface area contributed by atoms with Crippen molar-refractivity contribution in [1.82, 2.24) is 4.98 Å². The molecule has 1 heterocycles. The van der Waals surface area contributed by atoms with Gasteiger partial charge >= 0.3 is 0 Å². The zero-order valence-electron chi connectivity index (χ0n) is 10.2. The highest BCUT2D eigenvalue weighted by atomic mass is 16.6. The molecular formula is C12H17N2O2. The minimum Gasteiger partial charge on any atom is -0.258 e. The molecule has 0 aliphatic heterocycles. The second-order valence-corrected chi connectivity index (χ2v) is 4.50. The number of pyridine rings is 1. The average Bonchev–Trinajstić information content (AvgIpc) is 2.15. The molecule has 16 heavy (non-hydrogen) atoms. The Morgan fingerprint density at radius 2 is 1.88 bits per heavy atom. The summed E-state index contributed by atoms with van der Waals surface area (Å²) in [6.45, 7) is 11.4. The Morgan fingerprint density at radius 1 is 1.31 bits per heavy atom. The normalized spacial score (nSPS) is 11.2. The van der Waals surface area contributed by atoms with Gasteiger partial charge in [-0.3, -0.25) is 15.1 Å². The molecule has 0 bridgehead atoms. The molecule has 1 aromatic heterocycles. The van der Waals surface area contributed by atoms with E-state index in [4.69, 9.17) is 0 Å². The third kappa shape index (κ3) is 2.38. The van der Waals surface area contributed by atoms with Gasteiger partial charge in [0.2, 0.25) is 0 Å². The van der Waals surface area contributed by atoms with Crippen LogP contribution in [-0.2, 0) is 0 Å². The Bertz CT molecular complexity index is 382. The molecule has 0 aliphatic rings. The van der Waals surface area contributed by atoms with Crippen molar-refractivity contribution in [2.24, 2.45) is 0 Å².